The Morgan fingerprint density at radius 2 is 1.35 bits per heavy atom. The smallest absolute Gasteiger partial charge is 0.325 e. The van der Waals surface area contributed by atoms with Gasteiger partial charge in [0.1, 0.15) is 0 Å². The lowest BCUT2D eigenvalue weighted by Gasteiger charge is -2.31. The van der Waals surface area contributed by atoms with E-state index >= 15 is 0 Å². The number of fused-ring (bicyclic) bond motifs is 2. The maximum Gasteiger partial charge on any atom is 0.325 e. The van der Waals surface area contributed by atoms with Crippen molar-refractivity contribution in [2.75, 3.05) is 42.9 Å². The van der Waals surface area contributed by atoms with Crippen LogP contribution in [0.25, 0.3) is 0 Å². The van der Waals surface area contributed by atoms with E-state index in [0.717, 1.165) is 32.5 Å². The molecule has 2 aromatic carbocycles. The lowest BCUT2D eigenvalue weighted by molar-refractivity contribution is 0.266. The molecule has 0 fully saturated rings. The quantitative estimate of drug-likeness (QED) is 0.577. The van der Waals surface area contributed by atoms with Gasteiger partial charge in [-0.3, -0.25) is 9.69 Å². The third-order valence-corrected chi connectivity index (χ3v) is 5.06. The molecule has 0 saturated carbocycles. The first-order valence-electron chi connectivity index (χ1n) is 7.18. The van der Waals surface area contributed by atoms with E-state index in [4.69, 9.17) is 11.6 Å². The molecule has 3 rings (SSSR count). The molecule has 0 spiro atoms. The van der Waals surface area contributed by atoms with E-state index in [0.29, 0.717) is 0 Å². The van der Waals surface area contributed by atoms with Crippen LogP contribution in [0, 0.1) is 0 Å². The van der Waals surface area contributed by atoms with Crippen molar-refractivity contribution in [1.29, 1.82) is 0 Å². The van der Waals surface area contributed by atoms with Crippen molar-refractivity contribution in [3.05, 3.63) is 36.4 Å². The van der Waals surface area contributed by atoms with Crippen LogP contribution in [0.3, 0.4) is 0 Å². The minimum Gasteiger partial charge on any atom is -0.378 e. The first kappa shape index (κ1) is 16.0. The van der Waals surface area contributed by atoms with Gasteiger partial charge in [-0.05, 0) is 48.0 Å². The summed E-state index contributed by atoms with van der Waals surface area (Å²) in [5.41, 5.74) is 3.83. The Morgan fingerprint density at radius 1 is 0.913 bits per heavy atom. The molecule has 0 saturated heterocycles. The van der Waals surface area contributed by atoms with Gasteiger partial charge in [-0.15, -0.1) is 0 Å². The van der Waals surface area contributed by atoms with Gasteiger partial charge in [-0.25, -0.2) is 0 Å². The lowest BCUT2D eigenvalue weighted by atomic mass is 10.2. The van der Waals surface area contributed by atoms with Crippen molar-refractivity contribution in [2.45, 2.75) is 9.79 Å². The van der Waals surface area contributed by atoms with E-state index in [-0.39, 0.29) is 0 Å². The summed E-state index contributed by atoms with van der Waals surface area (Å²) < 4.78 is 0. The van der Waals surface area contributed by atoms with Crippen LogP contribution in [0.15, 0.2) is 46.2 Å². The molecule has 6 heteroatoms. The SMILES string of the molecule is CN(C)c1ccc2c(c1)Sc1cc(N(C)C)ccc1N2C(=O)Cl. The number of carbonyl (C=O) groups is 1. The maximum absolute atomic E-state index is 12.0. The summed E-state index contributed by atoms with van der Waals surface area (Å²) in [7, 11) is 7.99. The summed E-state index contributed by atoms with van der Waals surface area (Å²) in [6.07, 6.45) is 0. The molecule has 0 bridgehead atoms. The monoisotopic (exact) mass is 347 g/mol. The number of benzene rings is 2. The van der Waals surface area contributed by atoms with E-state index in [1.54, 1.807) is 16.7 Å². The zero-order chi connectivity index (χ0) is 16.7. The lowest BCUT2D eigenvalue weighted by Crippen LogP contribution is -2.23. The zero-order valence-electron chi connectivity index (χ0n) is 13.5. The summed E-state index contributed by atoms with van der Waals surface area (Å²) in [4.78, 5) is 19.7. The molecule has 120 valence electrons. The van der Waals surface area contributed by atoms with E-state index in [2.05, 4.69) is 12.1 Å². The molecular weight excluding hydrogens is 330 g/mol. The zero-order valence-corrected chi connectivity index (χ0v) is 15.1. The average Bonchev–Trinajstić information content (AvgIpc) is 2.50. The predicted octanol–water partition coefficient (Wildman–Crippen LogP) is 4.78. The number of hydrogen-bond donors (Lipinski definition) is 0. The molecule has 1 aliphatic heterocycles. The van der Waals surface area contributed by atoms with Crippen LogP contribution >= 0.6 is 23.4 Å². The highest BCUT2D eigenvalue weighted by atomic mass is 35.5. The molecule has 0 aliphatic carbocycles. The Bertz CT molecular complexity index is 719. The van der Waals surface area contributed by atoms with E-state index in [1.165, 1.54) is 0 Å². The maximum atomic E-state index is 12.0. The second-order valence-corrected chi connectivity index (χ2v) is 7.19. The Balaban J connectivity index is 2.15. The van der Waals surface area contributed by atoms with Gasteiger partial charge in [0.05, 0.1) is 11.4 Å². The summed E-state index contributed by atoms with van der Waals surface area (Å²) in [5, 5.41) is -0.497. The summed E-state index contributed by atoms with van der Waals surface area (Å²) >= 11 is 7.53. The van der Waals surface area contributed by atoms with Crippen molar-refractivity contribution >= 4 is 51.5 Å². The minimum atomic E-state index is -0.497. The molecule has 23 heavy (non-hydrogen) atoms. The van der Waals surface area contributed by atoms with Crippen molar-refractivity contribution in [2.24, 2.45) is 0 Å². The number of nitrogens with zero attached hydrogens (tertiary/aromatic N) is 3. The van der Waals surface area contributed by atoms with E-state index in [1.807, 2.05) is 62.3 Å². The van der Waals surface area contributed by atoms with Gasteiger partial charge in [0, 0.05) is 49.4 Å². The Kier molecular flexibility index (Phi) is 4.17. The topological polar surface area (TPSA) is 26.8 Å². The highest BCUT2D eigenvalue weighted by Gasteiger charge is 2.28. The van der Waals surface area contributed by atoms with Gasteiger partial charge < -0.3 is 9.80 Å². The van der Waals surface area contributed by atoms with Crippen LogP contribution in [0.5, 0.6) is 0 Å². The second kappa shape index (κ2) is 5.98. The molecule has 0 unspecified atom stereocenters. The highest BCUT2D eigenvalue weighted by Crippen LogP contribution is 2.50. The van der Waals surface area contributed by atoms with Gasteiger partial charge in [-0.2, -0.15) is 0 Å². The summed E-state index contributed by atoms with van der Waals surface area (Å²) in [5.74, 6) is 0. The number of carbonyl (C=O) groups excluding carboxylic acids is 1. The standard InChI is InChI=1S/C17H18ClN3OS/c1-19(2)11-5-7-13-15(9-11)23-16-10-12(20(3)4)6-8-14(16)21(13)17(18)22/h5-10H,1-4H3. The van der Waals surface area contributed by atoms with Crippen LogP contribution in [0.1, 0.15) is 0 Å². The molecule has 0 atom stereocenters. The molecule has 1 amide bonds. The van der Waals surface area contributed by atoms with Gasteiger partial charge in [0.25, 0.3) is 0 Å². The normalized spacial score (nSPS) is 12.5. The van der Waals surface area contributed by atoms with Crippen LogP contribution in [-0.4, -0.2) is 33.6 Å². The molecule has 4 nitrogen and oxygen atoms in total. The first-order chi connectivity index (χ1) is 10.9. The predicted molar refractivity (Wildman–Crippen MR) is 99.0 cm³/mol. The van der Waals surface area contributed by atoms with Crippen molar-refractivity contribution < 1.29 is 4.79 Å². The molecule has 0 aromatic heterocycles. The summed E-state index contributed by atoms with van der Waals surface area (Å²) in [6, 6.07) is 12.0. The van der Waals surface area contributed by atoms with Crippen molar-refractivity contribution in [3.63, 3.8) is 0 Å². The Labute approximate surface area is 145 Å². The third-order valence-electron chi connectivity index (χ3n) is 3.80. The van der Waals surface area contributed by atoms with Crippen LogP contribution in [0.2, 0.25) is 0 Å². The van der Waals surface area contributed by atoms with Crippen LogP contribution < -0.4 is 14.7 Å². The molecule has 2 aromatic rings. The van der Waals surface area contributed by atoms with Gasteiger partial charge in [-0.1, -0.05) is 11.8 Å². The number of rotatable bonds is 2. The number of halogens is 1. The van der Waals surface area contributed by atoms with Gasteiger partial charge in [0.2, 0.25) is 0 Å². The number of hydrogen-bond acceptors (Lipinski definition) is 4. The third kappa shape index (κ3) is 2.86. The summed E-state index contributed by atoms with van der Waals surface area (Å²) in [6.45, 7) is 0. The van der Waals surface area contributed by atoms with E-state index in [9.17, 15) is 4.79 Å². The fourth-order valence-corrected chi connectivity index (χ4v) is 3.84. The highest BCUT2D eigenvalue weighted by molar-refractivity contribution is 7.99. The van der Waals surface area contributed by atoms with E-state index < -0.39 is 5.37 Å². The molecule has 0 N–H and O–H groups in total. The van der Waals surface area contributed by atoms with Crippen molar-refractivity contribution in [3.8, 4) is 0 Å². The second-order valence-electron chi connectivity index (χ2n) is 5.78. The number of anilines is 4. The molecule has 1 aliphatic rings. The Morgan fingerprint density at radius 3 is 1.70 bits per heavy atom. The first-order valence-corrected chi connectivity index (χ1v) is 8.38. The van der Waals surface area contributed by atoms with Gasteiger partial charge in [0.15, 0.2) is 0 Å². The minimum absolute atomic E-state index is 0.497. The fourth-order valence-electron chi connectivity index (χ4n) is 2.53. The Hall–Kier alpha value is -1.85. The molecule has 1 heterocycles. The van der Waals surface area contributed by atoms with Crippen molar-refractivity contribution in [1.82, 2.24) is 0 Å². The fraction of sp³-hybridized carbons (Fsp3) is 0.235. The molecular formula is C17H18ClN3OS. The largest absolute Gasteiger partial charge is 0.378 e. The van der Waals surface area contributed by atoms with Crippen LogP contribution in [-0.2, 0) is 0 Å². The molecule has 0 radical (unpaired) electrons. The number of amides is 1. The average molecular weight is 348 g/mol. The van der Waals surface area contributed by atoms with Gasteiger partial charge >= 0.3 is 5.37 Å². The van der Waals surface area contributed by atoms with Crippen LogP contribution in [0.4, 0.5) is 27.5 Å².